The van der Waals surface area contributed by atoms with Gasteiger partial charge in [-0.05, 0) is 24.6 Å². The zero-order valence-electron chi connectivity index (χ0n) is 8.64. The Hall–Kier alpha value is -1.81. The van der Waals surface area contributed by atoms with Gasteiger partial charge in [-0.3, -0.25) is 0 Å². The molecule has 2 aromatic rings. The van der Waals surface area contributed by atoms with Crippen molar-refractivity contribution in [3.63, 3.8) is 0 Å². The fourth-order valence-corrected chi connectivity index (χ4v) is 1.94. The van der Waals surface area contributed by atoms with Crippen molar-refractivity contribution in [3.8, 4) is 11.5 Å². The Morgan fingerprint density at radius 1 is 1.31 bits per heavy atom. The van der Waals surface area contributed by atoms with Gasteiger partial charge in [0.2, 0.25) is 0 Å². The Balaban J connectivity index is 2.17. The molecule has 0 aliphatic heterocycles. The topological polar surface area (TPSA) is 46.5 Å². The molecule has 0 aliphatic rings. The molecule has 0 unspecified atom stereocenters. The second-order valence-corrected chi connectivity index (χ2v) is 4.28. The monoisotopic (exact) mass is 234 g/mol. The third-order valence-electron chi connectivity index (χ3n) is 2.01. The number of ether oxygens (including phenoxy) is 1. The largest absolute Gasteiger partial charge is 0.477 e. The maximum Gasteiger partial charge on any atom is 0.346 e. The summed E-state index contributed by atoms with van der Waals surface area (Å²) in [5.41, 5.74) is 1.10. The average molecular weight is 234 g/mol. The van der Waals surface area contributed by atoms with Gasteiger partial charge in [0, 0.05) is 11.4 Å². The number of aromatic carboxylic acids is 1. The van der Waals surface area contributed by atoms with Gasteiger partial charge in [0.25, 0.3) is 0 Å². The average Bonchev–Trinajstić information content (AvgIpc) is 2.66. The van der Waals surface area contributed by atoms with Crippen molar-refractivity contribution in [3.05, 3.63) is 46.2 Å². The van der Waals surface area contributed by atoms with Crippen molar-refractivity contribution in [2.75, 3.05) is 0 Å². The highest BCUT2D eigenvalue weighted by molar-refractivity contribution is 7.12. The summed E-state index contributed by atoms with van der Waals surface area (Å²) < 4.78 is 5.54. The van der Waals surface area contributed by atoms with E-state index in [0.29, 0.717) is 5.75 Å². The van der Waals surface area contributed by atoms with Crippen molar-refractivity contribution in [1.82, 2.24) is 0 Å². The van der Waals surface area contributed by atoms with Gasteiger partial charge in [-0.1, -0.05) is 12.1 Å². The zero-order chi connectivity index (χ0) is 11.5. The number of thiophene rings is 1. The Morgan fingerprint density at radius 3 is 2.75 bits per heavy atom. The van der Waals surface area contributed by atoms with E-state index >= 15 is 0 Å². The second-order valence-electron chi connectivity index (χ2n) is 3.37. The zero-order valence-corrected chi connectivity index (χ0v) is 9.45. The highest BCUT2D eigenvalue weighted by atomic mass is 32.1. The first-order valence-corrected chi connectivity index (χ1v) is 5.59. The van der Waals surface area contributed by atoms with Crippen LogP contribution in [0.4, 0.5) is 0 Å². The van der Waals surface area contributed by atoms with Crippen LogP contribution in [0.1, 0.15) is 15.2 Å². The van der Waals surface area contributed by atoms with Gasteiger partial charge in [0.05, 0.1) is 0 Å². The van der Waals surface area contributed by atoms with Crippen LogP contribution in [0.2, 0.25) is 0 Å². The first kappa shape index (κ1) is 10.7. The molecule has 0 fully saturated rings. The summed E-state index contributed by atoms with van der Waals surface area (Å²) in [5.74, 6) is 0.354. The van der Waals surface area contributed by atoms with Crippen LogP contribution in [0.3, 0.4) is 0 Å². The molecule has 82 valence electrons. The normalized spacial score (nSPS) is 10.1. The minimum Gasteiger partial charge on any atom is -0.477 e. The molecule has 1 N–H and O–H groups in total. The lowest BCUT2D eigenvalue weighted by atomic mass is 10.2. The number of carboxylic acids is 1. The quantitative estimate of drug-likeness (QED) is 0.883. The van der Waals surface area contributed by atoms with Gasteiger partial charge < -0.3 is 9.84 Å². The molecule has 0 bridgehead atoms. The van der Waals surface area contributed by atoms with E-state index in [2.05, 4.69) is 0 Å². The van der Waals surface area contributed by atoms with Gasteiger partial charge in [-0.2, -0.15) is 0 Å². The van der Waals surface area contributed by atoms with E-state index in [4.69, 9.17) is 9.84 Å². The molecule has 1 aromatic heterocycles. The molecule has 0 aliphatic carbocycles. The maximum absolute atomic E-state index is 10.7. The summed E-state index contributed by atoms with van der Waals surface area (Å²) in [6, 6.07) is 9.14. The summed E-state index contributed by atoms with van der Waals surface area (Å²) >= 11 is 1.16. The van der Waals surface area contributed by atoms with Gasteiger partial charge in [-0.15, -0.1) is 11.3 Å². The van der Waals surface area contributed by atoms with Crippen LogP contribution in [-0.4, -0.2) is 11.1 Å². The minimum atomic E-state index is -0.927. The maximum atomic E-state index is 10.7. The predicted molar refractivity (Wildman–Crippen MR) is 62.5 cm³/mol. The third kappa shape index (κ3) is 2.41. The number of hydrogen-bond donors (Lipinski definition) is 1. The summed E-state index contributed by atoms with van der Waals surface area (Å²) in [7, 11) is 0. The number of rotatable bonds is 3. The molecule has 1 heterocycles. The van der Waals surface area contributed by atoms with E-state index in [1.807, 2.05) is 31.2 Å². The van der Waals surface area contributed by atoms with Gasteiger partial charge in [0.1, 0.15) is 16.4 Å². The first-order chi connectivity index (χ1) is 7.65. The standard InChI is InChI=1S/C12H10O3S/c1-8-3-2-4-9(5-8)15-10-6-11(12(13)14)16-7-10/h2-7H,1H3,(H,13,14). The first-order valence-electron chi connectivity index (χ1n) is 4.71. The molecular weight excluding hydrogens is 224 g/mol. The highest BCUT2D eigenvalue weighted by Gasteiger charge is 2.07. The van der Waals surface area contributed by atoms with Gasteiger partial charge in [-0.25, -0.2) is 4.79 Å². The number of hydrogen-bond acceptors (Lipinski definition) is 3. The highest BCUT2D eigenvalue weighted by Crippen LogP contribution is 2.27. The number of carbonyl (C=O) groups is 1. The number of carboxylic acid groups (broad SMARTS) is 1. The Bertz CT molecular complexity index is 516. The summed E-state index contributed by atoms with van der Waals surface area (Å²) in [5, 5.41) is 10.4. The molecule has 0 atom stereocenters. The summed E-state index contributed by atoms with van der Waals surface area (Å²) in [6.45, 7) is 1.98. The molecule has 2 rings (SSSR count). The van der Waals surface area contributed by atoms with Gasteiger partial charge in [0.15, 0.2) is 0 Å². The fraction of sp³-hybridized carbons (Fsp3) is 0.0833. The minimum absolute atomic E-state index is 0.280. The van der Waals surface area contributed by atoms with Crippen LogP contribution in [0.5, 0.6) is 11.5 Å². The van der Waals surface area contributed by atoms with Crippen molar-refractivity contribution in [2.24, 2.45) is 0 Å². The molecule has 0 spiro atoms. The van der Waals surface area contributed by atoms with Crippen LogP contribution < -0.4 is 4.74 Å². The molecule has 0 radical (unpaired) electrons. The summed E-state index contributed by atoms with van der Waals surface area (Å²) in [6.07, 6.45) is 0. The van der Waals surface area contributed by atoms with Crippen LogP contribution >= 0.6 is 11.3 Å². The van der Waals surface area contributed by atoms with Crippen molar-refractivity contribution >= 4 is 17.3 Å². The number of aryl methyl sites for hydroxylation is 1. The van der Waals surface area contributed by atoms with E-state index in [0.717, 1.165) is 22.6 Å². The molecule has 3 nitrogen and oxygen atoms in total. The van der Waals surface area contributed by atoms with Gasteiger partial charge >= 0.3 is 5.97 Å². The lowest BCUT2D eigenvalue weighted by Gasteiger charge is -2.03. The van der Waals surface area contributed by atoms with E-state index in [-0.39, 0.29) is 4.88 Å². The van der Waals surface area contributed by atoms with Crippen LogP contribution in [0, 0.1) is 6.92 Å². The lowest BCUT2D eigenvalue weighted by molar-refractivity contribution is 0.0702. The molecule has 4 heteroatoms. The smallest absolute Gasteiger partial charge is 0.346 e. The van der Waals surface area contributed by atoms with E-state index in [1.165, 1.54) is 6.07 Å². The fourth-order valence-electron chi connectivity index (χ4n) is 1.30. The second kappa shape index (κ2) is 4.37. The molecule has 0 amide bonds. The van der Waals surface area contributed by atoms with Crippen LogP contribution in [0.25, 0.3) is 0 Å². The lowest BCUT2D eigenvalue weighted by Crippen LogP contribution is -1.90. The summed E-state index contributed by atoms with van der Waals surface area (Å²) in [4.78, 5) is 11.0. The molecule has 0 saturated carbocycles. The molecule has 16 heavy (non-hydrogen) atoms. The van der Waals surface area contributed by atoms with Crippen molar-refractivity contribution in [1.29, 1.82) is 0 Å². The van der Waals surface area contributed by atoms with Crippen LogP contribution in [-0.2, 0) is 0 Å². The Morgan fingerprint density at radius 2 is 2.12 bits per heavy atom. The third-order valence-corrected chi connectivity index (χ3v) is 2.91. The van der Waals surface area contributed by atoms with E-state index in [1.54, 1.807) is 5.38 Å². The van der Waals surface area contributed by atoms with Crippen LogP contribution in [0.15, 0.2) is 35.7 Å². The van der Waals surface area contributed by atoms with Crippen molar-refractivity contribution in [2.45, 2.75) is 6.92 Å². The molecule has 1 aromatic carbocycles. The molecule has 0 saturated heterocycles. The predicted octanol–water partition coefficient (Wildman–Crippen LogP) is 3.55. The van der Waals surface area contributed by atoms with Crippen molar-refractivity contribution < 1.29 is 14.6 Å². The Labute approximate surface area is 96.9 Å². The van der Waals surface area contributed by atoms with E-state index < -0.39 is 5.97 Å². The molecular formula is C12H10O3S. The SMILES string of the molecule is Cc1cccc(Oc2csc(C(=O)O)c2)c1. The Kier molecular flexibility index (Phi) is 2.92. The number of benzene rings is 1. The van der Waals surface area contributed by atoms with E-state index in [9.17, 15) is 4.79 Å².